The lowest BCUT2D eigenvalue weighted by Crippen LogP contribution is -2.46. The molecule has 6 rings (SSSR count). The largest absolute Gasteiger partial charge is 0.445 e. The zero-order chi connectivity index (χ0) is 35.4. The lowest BCUT2D eigenvalue weighted by atomic mass is 9.75. The molecule has 0 bridgehead atoms. The quantitative estimate of drug-likeness (QED) is 0.175. The molecule has 4 aromatic carbocycles. The van der Waals surface area contributed by atoms with Crippen LogP contribution in [0.3, 0.4) is 0 Å². The van der Waals surface area contributed by atoms with Gasteiger partial charge in [-0.15, -0.1) is 0 Å². The van der Waals surface area contributed by atoms with Crippen LogP contribution < -0.4 is 10.6 Å². The van der Waals surface area contributed by atoms with Gasteiger partial charge in [-0.3, -0.25) is 0 Å². The van der Waals surface area contributed by atoms with Gasteiger partial charge in [-0.2, -0.15) is 10.5 Å². The molecule has 0 heterocycles. The summed E-state index contributed by atoms with van der Waals surface area (Å²) >= 11 is 0. The van der Waals surface area contributed by atoms with Gasteiger partial charge in [0.15, 0.2) is 0 Å². The number of ether oxygens (including phenoxy) is 2. The van der Waals surface area contributed by atoms with Crippen molar-refractivity contribution in [2.45, 2.75) is 75.0 Å². The van der Waals surface area contributed by atoms with Gasteiger partial charge in [-0.1, -0.05) is 109 Å². The molecule has 10 heteroatoms. The van der Waals surface area contributed by atoms with Crippen LogP contribution >= 0.6 is 0 Å². The number of carbonyl (C=O) groups excluding carboxylic acids is 2. The predicted molar refractivity (Wildman–Crippen MR) is 185 cm³/mol. The van der Waals surface area contributed by atoms with Crippen molar-refractivity contribution in [3.05, 3.63) is 143 Å². The number of hydrogen-bond acceptors (Lipinski definition) is 8. The third kappa shape index (κ3) is 9.26. The van der Waals surface area contributed by atoms with Crippen molar-refractivity contribution >= 4 is 12.2 Å². The molecule has 0 saturated carbocycles. The number of amides is 2. The Labute approximate surface area is 291 Å². The Bertz CT molecular complexity index is 1710. The van der Waals surface area contributed by atoms with Gasteiger partial charge in [0.1, 0.15) is 24.4 Å². The molecule has 4 N–H and O–H groups in total. The van der Waals surface area contributed by atoms with E-state index < -0.39 is 23.4 Å². The smallest absolute Gasteiger partial charge is 0.407 e. The fourth-order valence-electron chi connectivity index (χ4n) is 6.68. The normalized spacial score (nSPS) is 21.7. The average Bonchev–Trinajstić information content (AvgIpc) is 3.11. The van der Waals surface area contributed by atoms with Crippen LogP contribution in [0.4, 0.5) is 9.59 Å². The molecular formula is C40H40N4O6. The summed E-state index contributed by atoms with van der Waals surface area (Å²) < 4.78 is 10.5. The zero-order valence-electron chi connectivity index (χ0n) is 27.6. The van der Waals surface area contributed by atoms with Gasteiger partial charge in [0.25, 0.3) is 0 Å². The van der Waals surface area contributed by atoms with Crippen LogP contribution in [-0.4, -0.2) is 34.5 Å². The number of hydrogen-bond donors (Lipinski definition) is 4. The maximum Gasteiger partial charge on any atom is 0.407 e. The first kappa shape index (κ1) is 35.6. The Morgan fingerprint density at radius 2 is 0.980 bits per heavy atom. The molecule has 2 amide bonds. The van der Waals surface area contributed by atoms with Gasteiger partial charge in [-0.05, 0) is 46.2 Å². The molecule has 256 valence electrons. The van der Waals surface area contributed by atoms with E-state index >= 15 is 0 Å². The molecule has 10 nitrogen and oxygen atoms in total. The summed E-state index contributed by atoms with van der Waals surface area (Å²) in [6, 6.07) is 37.4. The van der Waals surface area contributed by atoms with Crippen LogP contribution in [0, 0.1) is 22.7 Å². The summed E-state index contributed by atoms with van der Waals surface area (Å²) in [6.07, 6.45) is 0.716. The Hall–Kier alpha value is -5.68. The summed E-state index contributed by atoms with van der Waals surface area (Å²) in [5.41, 5.74) is 2.75. The Kier molecular flexibility index (Phi) is 11.8. The summed E-state index contributed by atoms with van der Waals surface area (Å²) in [4.78, 5) is 24.2. The van der Waals surface area contributed by atoms with Gasteiger partial charge in [0.05, 0.1) is 25.0 Å². The van der Waals surface area contributed by atoms with E-state index in [1.165, 1.54) is 0 Å². The molecule has 50 heavy (non-hydrogen) atoms. The molecule has 0 spiro atoms. The molecule has 4 atom stereocenters. The van der Waals surface area contributed by atoms with E-state index in [-0.39, 0.29) is 51.0 Å². The zero-order valence-corrected chi connectivity index (χ0v) is 27.6. The van der Waals surface area contributed by atoms with Crippen LogP contribution in [0.15, 0.2) is 109 Å². The monoisotopic (exact) mass is 672 g/mol. The van der Waals surface area contributed by atoms with Crippen molar-refractivity contribution in [3.8, 4) is 12.1 Å². The van der Waals surface area contributed by atoms with E-state index in [1.54, 1.807) is 0 Å². The number of alkyl carbamates (subject to hydrolysis) is 2. The molecule has 4 aromatic rings. The molecule has 0 aromatic heterocycles. The van der Waals surface area contributed by atoms with E-state index in [0.717, 1.165) is 33.4 Å². The Morgan fingerprint density at radius 1 is 0.620 bits per heavy atom. The maximum atomic E-state index is 12.1. The highest BCUT2D eigenvalue weighted by molar-refractivity contribution is 5.68. The van der Waals surface area contributed by atoms with E-state index in [4.69, 9.17) is 20.0 Å². The Morgan fingerprint density at radius 3 is 1.36 bits per heavy atom. The number of nitrogens with one attached hydrogen (secondary N) is 2. The van der Waals surface area contributed by atoms with Crippen LogP contribution in [0.1, 0.15) is 59.1 Å². The average molecular weight is 673 g/mol. The first-order chi connectivity index (χ1) is 24.2. The number of fused-ring (bicyclic) bond motifs is 2. The van der Waals surface area contributed by atoms with Crippen molar-refractivity contribution < 1.29 is 29.3 Å². The van der Waals surface area contributed by atoms with E-state index in [0.29, 0.717) is 12.8 Å². The number of nitriles is 2. The van der Waals surface area contributed by atoms with Crippen molar-refractivity contribution in [1.82, 2.24) is 10.6 Å². The molecule has 2 aliphatic carbocycles. The maximum absolute atomic E-state index is 12.1. The van der Waals surface area contributed by atoms with E-state index in [2.05, 4.69) is 10.6 Å². The van der Waals surface area contributed by atoms with Gasteiger partial charge < -0.3 is 30.3 Å². The molecule has 0 fully saturated rings. The van der Waals surface area contributed by atoms with E-state index in [9.17, 15) is 19.8 Å². The predicted octanol–water partition coefficient (Wildman–Crippen LogP) is 6.06. The minimum absolute atomic E-state index is 0.0126. The third-order valence-corrected chi connectivity index (χ3v) is 8.95. The summed E-state index contributed by atoms with van der Waals surface area (Å²) in [6.45, 7) is 0.386. The second-order valence-electron chi connectivity index (χ2n) is 12.7. The fourth-order valence-corrected chi connectivity index (χ4v) is 6.68. The number of nitrogens with zero attached hydrogens (tertiary/aromatic N) is 2. The second-order valence-corrected chi connectivity index (χ2v) is 12.7. The number of benzene rings is 4. The lowest BCUT2D eigenvalue weighted by Gasteiger charge is -2.37. The molecular weight excluding hydrogens is 632 g/mol. The van der Waals surface area contributed by atoms with Crippen molar-refractivity contribution in [2.75, 3.05) is 0 Å². The van der Waals surface area contributed by atoms with Crippen molar-refractivity contribution in [1.29, 1.82) is 10.5 Å². The summed E-state index contributed by atoms with van der Waals surface area (Å²) in [5, 5.41) is 45.6. The molecule has 0 radical (unpaired) electrons. The SMILES string of the molecule is N#CC[C@@]1(O)C[C@@H](NC(=O)OCc2ccccc2)Cc2ccccc21.N#CC[C@]1(O)C[C@@H](NC(=O)OCc2ccccc2)Cc2ccccc21. The van der Waals surface area contributed by atoms with Gasteiger partial charge in [0, 0.05) is 24.9 Å². The molecule has 0 unspecified atom stereocenters. The lowest BCUT2D eigenvalue weighted by molar-refractivity contribution is 0.0123. The fraction of sp³-hybridized carbons (Fsp3) is 0.300. The van der Waals surface area contributed by atoms with Gasteiger partial charge in [-0.25, -0.2) is 9.59 Å². The highest BCUT2D eigenvalue weighted by atomic mass is 16.6. The highest BCUT2D eigenvalue weighted by Crippen LogP contribution is 2.39. The van der Waals surface area contributed by atoms with Crippen LogP contribution in [-0.2, 0) is 46.7 Å². The second kappa shape index (κ2) is 16.6. The number of aliphatic hydroxyl groups is 2. The number of rotatable bonds is 8. The topological polar surface area (TPSA) is 165 Å². The summed E-state index contributed by atoms with van der Waals surface area (Å²) in [5.74, 6) is 0. The standard InChI is InChI=1S/2C20H20N2O3/c2*21-11-10-20(24)13-17(12-16-8-4-5-9-18(16)20)22-19(23)25-14-15-6-2-1-3-7-15/h2*1-9,17,24H,10,12-14H2,(H,22,23)/t17-,20+;17-,20-/m00/s1. The Balaban J connectivity index is 0.000000194. The van der Waals surface area contributed by atoms with Crippen molar-refractivity contribution in [2.24, 2.45) is 0 Å². The molecule has 2 aliphatic rings. The molecule has 0 aliphatic heterocycles. The minimum Gasteiger partial charge on any atom is -0.445 e. The summed E-state index contributed by atoms with van der Waals surface area (Å²) in [7, 11) is 0. The van der Waals surface area contributed by atoms with Crippen molar-refractivity contribution in [3.63, 3.8) is 0 Å². The highest BCUT2D eigenvalue weighted by Gasteiger charge is 2.40. The first-order valence-electron chi connectivity index (χ1n) is 16.5. The van der Waals surface area contributed by atoms with Gasteiger partial charge in [0.2, 0.25) is 0 Å². The van der Waals surface area contributed by atoms with Crippen LogP contribution in [0.25, 0.3) is 0 Å². The number of carbonyl (C=O) groups is 2. The van der Waals surface area contributed by atoms with Crippen LogP contribution in [0.2, 0.25) is 0 Å². The van der Waals surface area contributed by atoms with Crippen LogP contribution in [0.5, 0.6) is 0 Å². The molecule has 0 saturated heterocycles. The van der Waals surface area contributed by atoms with Gasteiger partial charge >= 0.3 is 12.2 Å². The third-order valence-electron chi connectivity index (χ3n) is 8.95. The minimum atomic E-state index is -1.25. The first-order valence-corrected chi connectivity index (χ1v) is 16.5. The van der Waals surface area contributed by atoms with E-state index in [1.807, 2.05) is 121 Å².